The molecule has 0 aliphatic carbocycles. The van der Waals surface area contributed by atoms with Crippen LogP contribution in [-0.2, 0) is 7.05 Å². The van der Waals surface area contributed by atoms with Crippen LogP contribution in [-0.4, -0.2) is 27.8 Å². The highest BCUT2D eigenvalue weighted by molar-refractivity contribution is 6.03. The molecule has 0 saturated heterocycles. The average molecular weight is 362 g/mol. The Hall–Kier alpha value is -3.36. The summed E-state index contributed by atoms with van der Waals surface area (Å²) in [7, 11) is 2.91. The van der Waals surface area contributed by atoms with Gasteiger partial charge >= 0.3 is 0 Å². The second-order valence-corrected chi connectivity index (χ2v) is 5.35. The number of hydrogen-bond acceptors (Lipinski definition) is 4. The number of hydrogen-bond donors (Lipinski definition) is 1. The number of anilines is 1. The summed E-state index contributed by atoms with van der Waals surface area (Å²) < 4.78 is 48.8. The molecule has 2 aromatic heterocycles. The van der Waals surface area contributed by atoms with Crippen molar-refractivity contribution < 1.29 is 22.7 Å². The SMILES string of the molecule is COc1cc(F)c(-c2nc(C(=O)Nc3cnn(C)c3)ccc2F)c(F)c1. The van der Waals surface area contributed by atoms with E-state index in [-0.39, 0.29) is 11.4 Å². The third kappa shape index (κ3) is 3.37. The monoisotopic (exact) mass is 362 g/mol. The van der Waals surface area contributed by atoms with E-state index in [9.17, 15) is 18.0 Å². The zero-order valence-corrected chi connectivity index (χ0v) is 13.8. The summed E-state index contributed by atoms with van der Waals surface area (Å²) in [6, 6.07) is 3.84. The van der Waals surface area contributed by atoms with E-state index in [4.69, 9.17) is 4.74 Å². The van der Waals surface area contributed by atoms with Crippen LogP contribution in [0, 0.1) is 17.5 Å². The van der Waals surface area contributed by atoms with Crippen LogP contribution in [0.1, 0.15) is 10.5 Å². The van der Waals surface area contributed by atoms with Crippen molar-refractivity contribution in [2.45, 2.75) is 0 Å². The fraction of sp³-hybridized carbons (Fsp3) is 0.118. The lowest BCUT2D eigenvalue weighted by Crippen LogP contribution is -2.14. The third-order valence-electron chi connectivity index (χ3n) is 3.53. The van der Waals surface area contributed by atoms with E-state index in [2.05, 4.69) is 15.4 Å². The molecule has 0 bridgehead atoms. The Morgan fingerprint density at radius 1 is 1.15 bits per heavy atom. The fourth-order valence-electron chi connectivity index (χ4n) is 2.32. The third-order valence-corrected chi connectivity index (χ3v) is 3.53. The van der Waals surface area contributed by atoms with Crippen molar-refractivity contribution in [1.82, 2.24) is 14.8 Å². The van der Waals surface area contributed by atoms with Gasteiger partial charge in [-0.15, -0.1) is 0 Å². The van der Waals surface area contributed by atoms with E-state index in [1.54, 1.807) is 13.2 Å². The number of pyridine rings is 1. The summed E-state index contributed by atoms with van der Waals surface area (Å²) >= 11 is 0. The largest absolute Gasteiger partial charge is 0.497 e. The van der Waals surface area contributed by atoms with E-state index in [0.717, 1.165) is 24.3 Å². The summed E-state index contributed by atoms with van der Waals surface area (Å²) in [5, 5.41) is 6.40. The fourth-order valence-corrected chi connectivity index (χ4v) is 2.32. The molecular formula is C17H13F3N4O2. The molecule has 1 amide bonds. The number of amides is 1. The van der Waals surface area contributed by atoms with Crippen molar-refractivity contribution in [3.63, 3.8) is 0 Å². The Morgan fingerprint density at radius 3 is 2.42 bits per heavy atom. The van der Waals surface area contributed by atoms with Gasteiger partial charge in [-0.25, -0.2) is 18.2 Å². The minimum atomic E-state index is -1.06. The van der Waals surface area contributed by atoms with Gasteiger partial charge in [0.05, 0.1) is 24.6 Å². The van der Waals surface area contributed by atoms with E-state index in [1.165, 1.54) is 18.0 Å². The minimum Gasteiger partial charge on any atom is -0.497 e. The van der Waals surface area contributed by atoms with Gasteiger partial charge in [-0.3, -0.25) is 9.48 Å². The van der Waals surface area contributed by atoms with Gasteiger partial charge in [-0.1, -0.05) is 0 Å². The van der Waals surface area contributed by atoms with Crippen molar-refractivity contribution in [2.24, 2.45) is 7.05 Å². The highest BCUT2D eigenvalue weighted by Gasteiger charge is 2.21. The molecule has 0 saturated carbocycles. The van der Waals surface area contributed by atoms with Gasteiger partial charge < -0.3 is 10.1 Å². The molecule has 0 atom stereocenters. The Balaban J connectivity index is 1.99. The molecule has 6 nitrogen and oxygen atoms in total. The van der Waals surface area contributed by atoms with Gasteiger partial charge in [-0.2, -0.15) is 5.10 Å². The molecule has 9 heteroatoms. The molecule has 0 aliphatic rings. The van der Waals surface area contributed by atoms with Gasteiger partial charge in [-0.05, 0) is 12.1 Å². The summed E-state index contributed by atoms with van der Waals surface area (Å²) in [5.74, 6) is -3.81. The van der Waals surface area contributed by atoms with Crippen LogP contribution in [0.15, 0.2) is 36.7 Å². The zero-order chi connectivity index (χ0) is 18.8. The molecule has 134 valence electrons. The van der Waals surface area contributed by atoms with Crippen LogP contribution < -0.4 is 10.1 Å². The number of nitrogens with one attached hydrogen (secondary N) is 1. The second kappa shape index (κ2) is 6.87. The van der Waals surface area contributed by atoms with E-state index in [1.807, 2.05) is 0 Å². The Bertz CT molecular complexity index is 965. The molecule has 26 heavy (non-hydrogen) atoms. The lowest BCUT2D eigenvalue weighted by Gasteiger charge is -2.10. The molecule has 2 heterocycles. The van der Waals surface area contributed by atoms with E-state index in [0.29, 0.717) is 5.69 Å². The quantitative estimate of drug-likeness (QED) is 0.774. The van der Waals surface area contributed by atoms with E-state index >= 15 is 0 Å². The van der Waals surface area contributed by atoms with Crippen LogP contribution in [0.3, 0.4) is 0 Å². The molecule has 1 N–H and O–H groups in total. The second-order valence-electron chi connectivity index (χ2n) is 5.35. The molecule has 3 rings (SSSR count). The topological polar surface area (TPSA) is 69.0 Å². The normalized spacial score (nSPS) is 10.7. The van der Waals surface area contributed by atoms with Gasteiger partial charge in [0, 0.05) is 25.4 Å². The number of rotatable bonds is 4. The number of ether oxygens (including phenoxy) is 1. The maximum Gasteiger partial charge on any atom is 0.274 e. The van der Waals surface area contributed by atoms with Crippen LogP contribution >= 0.6 is 0 Å². The Kier molecular flexibility index (Phi) is 4.61. The lowest BCUT2D eigenvalue weighted by molar-refractivity contribution is 0.102. The van der Waals surface area contributed by atoms with Crippen molar-refractivity contribution >= 4 is 11.6 Å². The van der Waals surface area contributed by atoms with Gasteiger partial charge in [0.2, 0.25) is 0 Å². The molecule has 0 radical (unpaired) electrons. The molecule has 0 fully saturated rings. The standard InChI is InChI=1S/C17H13F3N4O2/c1-24-8-9(7-21-24)22-17(25)14-4-3-11(18)16(23-14)15-12(19)5-10(26-2)6-13(15)20/h3-8H,1-2H3,(H,22,25). The number of aryl methyl sites for hydroxylation is 1. The summed E-state index contributed by atoms with van der Waals surface area (Å²) in [6.45, 7) is 0. The van der Waals surface area contributed by atoms with Crippen molar-refractivity contribution in [2.75, 3.05) is 12.4 Å². The number of benzene rings is 1. The van der Waals surface area contributed by atoms with Crippen LogP contribution in [0.2, 0.25) is 0 Å². The van der Waals surface area contributed by atoms with Crippen LogP contribution in [0.4, 0.5) is 18.9 Å². The number of methoxy groups -OCH3 is 1. The van der Waals surface area contributed by atoms with Crippen molar-refractivity contribution in [3.8, 4) is 17.0 Å². The number of nitrogens with zero attached hydrogens (tertiary/aromatic N) is 3. The minimum absolute atomic E-state index is 0.0605. The zero-order valence-electron chi connectivity index (χ0n) is 13.8. The average Bonchev–Trinajstić information content (AvgIpc) is 3.00. The molecular weight excluding hydrogens is 349 g/mol. The number of carbonyl (C=O) groups is 1. The summed E-state index contributed by atoms with van der Waals surface area (Å²) in [4.78, 5) is 16.0. The highest BCUT2D eigenvalue weighted by atomic mass is 19.1. The Labute approximate surface area is 146 Å². The predicted octanol–water partition coefficient (Wildman–Crippen LogP) is 3.16. The number of carbonyl (C=O) groups excluding carboxylic acids is 1. The van der Waals surface area contributed by atoms with Crippen molar-refractivity contribution in [3.05, 3.63) is 59.8 Å². The Morgan fingerprint density at radius 2 is 1.85 bits per heavy atom. The van der Waals surface area contributed by atoms with Gasteiger partial charge in [0.25, 0.3) is 5.91 Å². The molecule has 3 aromatic rings. The molecule has 0 unspecified atom stereocenters. The first kappa shape index (κ1) is 17.5. The first-order valence-corrected chi connectivity index (χ1v) is 7.39. The maximum absolute atomic E-state index is 14.2. The van der Waals surface area contributed by atoms with Gasteiger partial charge in [0.15, 0.2) is 0 Å². The number of aromatic nitrogens is 3. The predicted molar refractivity (Wildman–Crippen MR) is 87.3 cm³/mol. The molecule has 0 spiro atoms. The highest BCUT2D eigenvalue weighted by Crippen LogP contribution is 2.30. The van der Waals surface area contributed by atoms with Crippen LogP contribution in [0.5, 0.6) is 5.75 Å². The molecule has 1 aromatic carbocycles. The first-order chi connectivity index (χ1) is 12.4. The maximum atomic E-state index is 14.2. The van der Waals surface area contributed by atoms with Gasteiger partial charge in [0.1, 0.15) is 34.6 Å². The van der Waals surface area contributed by atoms with E-state index < -0.39 is 34.6 Å². The number of halogens is 3. The lowest BCUT2D eigenvalue weighted by atomic mass is 10.1. The summed E-state index contributed by atoms with van der Waals surface area (Å²) in [6.07, 6.45) is 2.95. The van der Waals surface area contributed by atoms with Crippen molar-refractivity contribution in [1.29, 1.82) is 0 Å². The summed E-state index contributed by atoms with van der Waals surface area (Å²) in [5.41, 5.74) is -1.10. The smallest absolute Gasteiger partial charge is 0.274 e. The first-order valence-electron chi connectivity index (χ1n) is 7.39. The molecule has 0 aliphatic heterocycles. The van der Waals surface area contributed by atoms with Crippen LogP contribution in [0.25, 0.3) is 11.3 Å².